The summed E-state index contributed by atoms with van der Waals surface area (Å²) in [4.78, 5) is 45.3. The number of hydrogen-bond donors (Lipinski definition) is 0. The Balaban J connectivity index is 1.70. The molecule has 0 spiro atoms. The lowest BCUT2D eigenvalue weighted by molar-refractivity contribution is -0.189. The van der Waals surface area contributed by atoms with Crippen LogP contribution >= 0.6 is 0 Å². The molecule has 3 aromatic rings. The summed E-state index contributed by atoms with van der Waals surface area (Å²) in [6.07, 6.45) is 0.152. The van der Waals surface area contributed by atoms with E-state index in [1.165, 1.54) is 0 Å². The van der Waals surface area contributed by atoms with Crippen molar-refractivity contribution in [1.29, 1.82) is 0 Å². The SMILES string of the molecule is CC[C@@]1(OC(=O)CN(C)C)C(=O)OCc2c1cc1n(c2=O)Cc2cc3ccccc3nc2-1. The Labute approximate surface area is 184 Å². The van der Waals surface area contributed by atoms with Crippen LogP contribution in [0.3, 0.4) is 0 Å². The highest BCUT2D eigenvalue weighted by molar-refractivity contribution is 5.88. The topological polar surface area (TPSA) is 90.7 Å². The van der Waals surface area contributed by atoms with Crippen LogP contribution in [-0.2, 0) is 37.8 Å². The molecule has 8 nitrogen and oxygen atoms in total. The highest BCUT2D eigenvalue weighted by Crippen LogP contribution is 2.40. The minimum absolute atomic E-state index is 0.00463. The number of likely N-dealkylation sites (N-methyl/N-ethyl adjacent to an activating group) is 1. The molecule has 0 amide bonds. The lowest BCUT2D eigenvalue weighted by Crippen LogP contribution is -2.48. The first kappa shape index (κ1) is 20.4. The Morgan fingerprint density at radius 3 is 2.78 bits per heavy atom. The molecule has 8 heteroatoms. The second kappa shape index (κ2) is 7.27. The van der Waals surface area contributed by atoms with Gasteiger partial charge < -0.3 is 14.0 Å². The van der Waals surface area contributed by atoms with Crippen molar-refractivity contribution in [2.75, 3.05) is 20.6 Å². The van der Waals surface area contributed by atoms with Crippen molar-refractivity contribution in [2.24, 2.45) is 0 Å². The third-order valence-electron chi connectivity index (χ3n) is 6.12. The first-order valence-electron chi connectivity index (χ1n) is 10.5. The molecule has 0 radical (unpaired) electrons. The van der Waals surface area contributed by atoms with Crippen LogP contribution in [0.5, 0.6) is 0 Å². The molecule has 0 saturated heterocycles. The van der Waals surface area contributed by atoms with E-state index in [-0.39, 0.29) is 25.1 Å². The fourth-order valence-corrected chi connectivity index (χ4v) is 4.57. The predicted molar refractivity (Wildman–Crippen MR) is 117 cm³/mol. The number of cyclic esters (lactones) is 1. The monoisotopic (exact) mass is 433 g/mol. The lowest BCUT2D eigenvalue weighted by atomic mass is 9.85. The summed E-state index contributed by atoms with van der Waals surface area (Å²) < 4.78 is 12.7. The Bertz CT molecular complexity index is 1340. The number of carbonyl (C=O) groups excluding carboxylic acids is 2. The van der Waals surface area contributed by atoms with Crippen molar-refractivity contribution < 1.29 is 19.1 Å². The highest BCUT2D eigenvalue weighted by atomic mass is 16.6. The molecule has 5 rings (SSSR count). The van der Waals surface area contributed by atoms with E-state index in [2.05, 4.69) is 0 Å². The van der Waals surface area contributed by atoms with Crippen molar-refractivity contribution >= 4 is 22.8 Å². The van der Waals surface area contributed by atoms with Crippen molar-refractivity contribution in [3.8, 4) is 11.4 Å². The molecule has 1 aromatic carbocycles. The smallest absolute Gasteiger partial charge is 0.355 e. The number of aromatic nitrogens is 2. The maximum Gasteiger partial charge on any atom is 0.355 e. The van der Waals surface area contributed by atoms with Gasteiger partial charge in [-0.25, -0.2) is 9.78 Å². The molecule has 0 fully saturated rings. The molecule has 32 heavy (non-hydrogen) atoms. The third-order valence-corrected chi connectivity index (χ3v) is 6.12. The van der Waals surface area contributed by atoms with Gasteiger partial charge in [0.1, 0.15) is 6.61 Å². The van der Waals surface area contributed by atoms with Gasteiger partial charge in [-0.3, -0.25) is 14.5 Å². The number of carbonyl (C=O) groups is 2. The Morgan fingerprint density at radius 1 is 1.25 bits per heavy atom. The van der Waals surface area contributed by atoms with Gasteiger partial charge in [0.25, 0.3) is 5.56 Å². The van der Waals surface area contributed by atoms with Crippen molar-refractivity contribution in [2.45, 2.75) is 32.1 Å². The van der Waals surface area contributed by atoms with Gasteiger partial charge in [0.05, 0.1) is 35.6 Å². The number of benzene rings is 1. The first-order chi connectivity index (χ1) is 15.3. The predicted octanol–water partition coefficient (Wildman–Crippen LogP) is 2.19. The average molecular weight is 433 g/mol. The largest absolute Gasteiger partial charge is 0.457 e. The minimum Gasteiger partial charge on any atom is -0.457 e. The number of hydrogen-bond acceptors (Lipinski definition) is 7. The summed E-state index contributed by atoms with van der Waals surface area (Å²) in [5.74, 6) is -1.22. The Kier molecular flexibility index (Phi) is 4.63. The van der Waals surface area contributed by atoms with E-state index < -0.39 is 17.5 Å². The normalized spacial score (nSPS) is 18.8. The maximum atomic E-state index is 13.4. The molecule has 2 aromatic heterocycles. The second-order valence-electron chi connectivity index (χ2n) is 8.47. The minimum atomic E-state index is -1.66. The molecule has 164 valence electrons. The van der Waals surface area contributed by atoms with Crippen LogP contribution in [0.15, 0.2) is 41.2 Å². The average Bonchev–Trinajstić information content (AvgIpc) is 3.11. The zero-order chi connectivity index (χ0) is 22.6. The summed E-state index contributed by atoms with van der Waals surface area (Å²) in [5.41, 5.74) is 1.89. The number of ether oxygens (including phenoxy) is 2. The molecule has 2 aliphatic rings. The zero-order valence-corrected chi connectivity index (χ0v) is 18.2. The van der Waals surface area contributed by atoms with Gasteiger partial charge in [-0.05, 0) is 38.7 Å². The molecular weight excluding hydrogens is 410 g/mol. The number of para-hydroxylation sites is 1. The van der Waals surface area contributed by atoms with Crippen LogP contribution in [0, 0.1) is 0 Å². The number of nitrogens with zero attached hydrogens (tertiary/aromatic N) is 3. The molecule has 2 aliphatic heterocycles. The van der Waals surface area contributed by atoms with Gasteiger partial charge in [0.2, 0.25) is 5.60 Å². The van der Waals surface area contributed by atoms with Crippen LogP contribution in [0.1, 0.15) is 30.0 Å². The Hall–Kier alpha value is -3.52. The van der Waals surface area contributed by atoms with Gasteiger partial charge in [0.15, 0.2) is 0 Å². The third kappa shape index (κ3) is 2.94. The lowest BCUT2D eigenvalue weighted by Gasteiger charge is -2.35. The fourth-order valence-electron chi connectivity index (χ4n) is 4.57. The van der Waals surface area contributed by atoms with Gasteiger partial charge in [-0.15, -0.1) is 0 Å². The van der Waals surface area contributed by atoms with E-state index in [0.29, 0.717) is 29.1 Å². The summed E-state index contributed by atoms with van der Waals surface area (Å²) in [5, 5.41) is 0.996. The summed E-state index contributed by atoms with van der Waals surface area (Å²) >= 11 is 0. The molecule has 0 saturated carbocycles. The maximum absolute atomic E-state index is 13.4. The van der Waals surface area contributed by atoms with Gasteiger partial charge in [-0.1, -0.05) is 25.1 Å². The Morgan fingerprint density at radius 2 is 2.03 bits per heavy atom. The van der Waals surface area contributed by atoms with Crippen molar-refractivity contribution in [3.05, 3.63) is 63.4 Å². The second-order valence-corrected chi connectivity index (χ2v) is 8.47. The van der Waals surface area contributed by atoms with Gasteiger partial charge >= 0.3 is 11.9 Å². The summed E-state index contributed by atoms with van der Waals surface area (Å²) in [6.45, 7) is 1.99. The molecule has 0 unspecified atom stereocenters. The molecule has 0 N–H and O–H groups in total. The van der Waals surface area contributed by atoms with Crippen molar-refractivity contribution in [1.82, 2.24) is 14.5 Å². The van der Waals surface area contributed by atoms with Crippen LogP contribution in [0.4, 0.5) is 0 Å². The van der Waals surface area contributed by atoms with Crippen LogP contribution in [0.25, 0.3) is 22.3 Å². The molecule has 0 bridgehead atoms. The van der Waals surface area contributed by atoms with E-state index in [9.17, 15) is 14.4 Å². The van der Waals surface area contributed by atoms with E-state index in [1.54, 1.807) is 36.6 Å². The van der Waals surface area contributed by atoms with Crippen LogP contribution < -0.4 is 5.56 Å². The highest BCUT2D eigenvalue weighted by Gasteiger charge is 2.50. The van der Waals surface area contributed by atoms with Crippen molar-refractivity contribution in [3.63, 3.8) is 0 Å². The molecule has 0 aliphatic carbocycles. The van der Waals surface area contributed by atoms with E-state index >= 15 is 0 Å². The fraction of sp³-hybridized carbons (Fsp3) is 0.333. The summed E-state index contributed by atoms with van der Waals surface area (Å²) in [6, 6.07) is 11.6. The molecule has 1 atom stereocenters. The molecule has 4 heterocycles. The number of esters is 2. The molecular formula is C24H23N3O5. The quantitative estimate of drug-likeness (QED) is 0.456. The van der Waals surface area contributed by atoms with Crippen LogP contribution in [-0.4, -0.2) is 47.0 Å². The van der Waals surface area contributed by atoms with Gasteiger partial charge in [0, 0.05) is 16.5 Å². The van der Waals surface area contributed by atoms with E-state index in [1.807, 2.05) is 30.3 Å². The first-order valence-corrected chi connectivity index (χ1v) is 10.5. The number of fused-ring (bicyclic) bond motifs is 5. The zero-order valence-electron chi connectivity index (χ0n) is 18.2. The number of rotatable bonds is 4. The van der Waals surface area contributed by atoms with Gasteiger partial charge in [-0.2, -0.15) is 0 Å². The van der Waals surface area contributed by atoms with E-state index in [4.69, 9.17) is 14.5 Å². The van der Waals surface area contributed by atoms with Crippen LogP contribution in [0.2, 0.25) is 0 Å². The number of pyridine rings is 2. The standard InChI is InChI=1S/C24H23N3O5/c1-4-24(32-20(28)12-26(2)3)17-10-19-21-15(9-14-7-5-6-8-18(14)25-21)11-27(19)22(29)16(17)13-31-23(24)30/h5-10H,4,11-13H2,1-3H3/t24-/m0/s1. The van der Waals surface area contributed by atoms with E-state index in [0.717, 1.165) is 16.5 Å². The summed E-state index contributed by atoms with van der Waals surface area (Å²) in [7, 11) is 3.47.